The Balaban J connectivity index is 3.19. The zero-order chi connectivity index (χ0) is 10.8. The predicted molar refractivity (Wildman–Crippen MR) is 63.1 cm³/mol. The maximum Gasteiger partial charge on any atom is 0.110 e. The first-order valence-corrected chi connectivity index (χ1v) is 5.44. The van der Waals surface area contributed by atoms with Gasteiger partial charge < -0.3 is 5.11 Å². The van der Waals surface area contributed by atoms with Crippen molar-refractivity contribution in [3.8, 4) is 0 Å². The molecule has 0 aliphatic rings. The Kier molecular flexibility index (Phi) is 3.51. The highest BCUT2D eigenvalue weighted by molar-refractivity contribution is 9.10. The van der Waals surface area contributed by atoms with Crippen molar-refractivity contribution in [3.63, 3.8) is 0 Å². The smallest absolute Gasteiger partial charge is 0.110 e. The highest BCUT2D eigenvalue weighted by Gasteiger charge is 2.27. The summed E-state index contributed by atoms with van der Waals surface area (Å²) in [5.41, 5.74) is 0.768. The lowest BCUT2D eigenvalue weighted by Crippen LogP contribution is -2.25. The molecule has 0 aliphatic carbocycles. The molecule has 0 aromatic heterocycles. The van der Waals surface area contributed by atoms with Gasteiger partial charge in [0.05, 0.1) is 0 Å². The van der Waals surface area contributed by atoms with Crippen LogP contribution in [0.1, 0.15) is 25.8 Å². The van der Waals surface area contributed by atoms with E-state index in [0.29, 0.717) is 6.42 Å². The van der Waals surface area contributed by atoms with Crippen LogP contribution in [-0.4, -0.2) is 5.11 Å². The van der Waals surface area contributed by atoms with Crippen LogP contribution in [-0.2, 0) is 5.60 Å². The van der Waals surface area contributed by atoms with E-state index in [1.807, 2.05) is 38.1 Å². The van der Waals surface area contributed by atoms with Gasteiger partial charge in [-0.1, -0.05) is 41.6 Å². The summed E-state index contributed by atoms with van der Waals surface area (Å²) in [7, 11) is 0. The third-order valence-electron chi connectivity index (χ3n) is 2.52. The molecule has 0 heterocycles. The zero-order valence-corrected chi connectivity index (χ0v) is 10.1. The van der Waals surface area contributed by atoms with E-state index in [-0.39, 0.29) is 0 Å². The first-order valence-electron chi connectivity index (χ1n) is 4.65. The van der Waals surface area contributed by atoms with E-state index in [4.69, 9.17) is 0 Å². The molecule has 0 radical (unpaired) electrons. The second-order valence-corrected chi connectivity index (χ2v) is 4.42. The minimum atomic E-state index is -0.899. The fourth-order valence-electron chi connectivity index (χ4n) is 1.50. The second-order valence-electron chi connectivity index (χ2n) is 3.50. The van der Waals surface area contributed by atoms with Crippen molar-refractivity contribution < 1.29 is 5.11 Å². The summed E-state index contributed by atoms with van der Waals surface area (Å²) < 4.78 is 0.975. The van der Waals surface area contributed by atoms with Crippen LogP contribution >= 0.6 is 15.9 Å². The van der Waals surface area contributed by atoms with Gasteiger partial charge in [-0.15, -0.1) is 0 Å². The molecule has 0 fully saturated rings. The monoisotopic (exact) mass is 254 g/mol. The summed E-state index contributed by atoms with van der Waals surface area (Å²) in [6.45, 7) is 7.64. The Labute approximate surface area is 93.6 Å². The van der Waals surface area contributed by atoms with Gasteiger partial charge >= 0.3 is 0 Å². The maximum absolute atomic E-state index is 10.4. The highest BCUT2D eigenvalue weighted by atomic mass is 79.9. The van der Waals surface area contributed by atoms with Crippen LogP contribution in [0.3, 0.4) is 0 Å². The van der Waals surface area contributed by atoms with Gasteiger partial charge in [-0.05, 0) is 36.6 Å². The molecule has 0 saturated heterocycles. The average molecular weight is 255 g/mol. The van der Waals surface area contributed by atoms with Crippen molar-refractivity contribution in [1.29, 1.82) is 0 Å². The highest BCUT2D eigenvalue weighted by Crippen LogP contribution is 2.32. The van der Waals surface area contributed by atoms with E-state index < -0.39 is 5.60 Å². The van der Waals surface area contributed by atoms with Crippen molar-refractivity contribution in [2.75, 3.05) is 0 Å². The van der Waals surface area contributed by atoms with Crippen LogP contribution in [0.15, 0.2) is 40.9 Å². The minimum absolute atomic E-state index is 0.638. The molecule has 1 unspecified atom stereocenters. The lowest BCUT2D eigenvalue weighted by atomic mass is 9.85. The standard InChI is InChI=1S/C12H15BrO/c1-4-12(14,9(2)3)10-6-5-7-11(13)8-10/h5-8,14H,2,4H2,1,3H3. The lowest BCUT2D eigenvalue weighted by Gasteiger charge is -2.28. The molecule has 0 saturated carbocycles. The minimum Gasteiger partial charge on any atom is -0.381 e. The van der Waals surface area contributed by atoms with Crippen LogP contribution in [0.2, 0.25) is 0 Å². The molecule has 1 aromatic rings. The first-order chi connectivity index (χ1) is 6.50. The lowest BCUT2D eigenvalue weighted by molar-refractivity contribution is 0.0724. The van der Waals surface area contributed by atoms with Gasteiger partial charge in [0.1, 0.15) is 5.60 Å². The number of benzene rings is 1. The van der Waals surface area contributed by atoms with Gasteiger partial charge in [0.25, 0.3) is 0 Å². The normalized spacial score (nSPS) is 14.9. The molecule has 2 heteroatoms. The molecular formula is C12H15BrO. The van der Waals surface area contributed by atoms with Crippen LogP contribution in [0, 0.1) is 0 Å². The summed E-state index contributed by atoms with van der Waals surface area (Å²) >= 11 is 3.39. The SMILES string of the molecule is C=C(C)C(O)(CC)c1cccc(Br)c1. The Morgan fingerprint density at radius 2 is 2.21 bits per heavy atom. The van der Waals surface area contributed by atoms with Crippen LogP contribution < -0.4 is 0 Å². The van der Waals surface area contributed by atoms with E-state index in [1.165, 1.54) is 0 Å². The topological polar surface area (TPSA) is 20.2 Å². The molecule has 76 valence electrons. The fraction of sp³-hybridized carbons (Fsp3) is 0.333. The van der Waals surface area contributed by atoms with E-state index in [0.717, 1.165) is 15.6 Å². The number of hydrogen-bond donors (Lipinski definition) is 1. The van der Waals surface area contributed by atoms with E-state index in [2.05, 4.69) is 22.5 Å². The molecule has 1 aromatic carbocycles. The van der Waals surface area contributed by atoms with Crippen molar-refractivity contribution in [2.45, 2.75) is 25.9 Å². The quantitative estimate of drug-likeness (QED) is 0.818. The third-order valence-corrected chi connectivity index (χ3v) is 3.01. The van der Waals surface area contributed by atoms with E-state index in [1.54, 1.807) is 0 Å². The zero-order valence-electron chi connectivity index (χ0n) is 8.55. The first kappa shape index (κ1) is 11.5. The summed E-state index contributed by atoms with van der Waals surface area (Å²) in [5, 5.41) is 10.4. The van der Waals surface area contributed by atoms with Crippen LogP contribution in [0.4, 0.5) is 0 Å². The summed E-state index contributed by atoms with van der Waals surface area (Å²) in [6.07, 6.45) is 0.638. The largest absolute Gasteiger partial charge is 0.381 e. The van der Waals surface area contributed by atoms with Crippen LogP contribution in [0.25, 0.3) is 0 Å². The Bertz CT molecular complexity index is 346. The van der Waals surface area contributed by atoms with E-state index >= 15 is 0 Å². The molecule has 1 N–H and O–H groups in total. The molecule has 0 aliphatic heterocycles. The summed E-state index contributed by atoms with van der Waals surface area (Å²) in [6, 6.07) is 7.71. The Hall–Kier alpha value is -0.600. The molecule has 14 heavy (non-hydrogen) atoms. The van der Waals surface area contributed by atoms with Crippen molar-refractivity contribution in [1.82, 2.24) is 0 Å². The number of rotatable bonds is 3. The molecule has 0 spiro atoms. The number of halogens is 1. The number of hydrogen-bond acceptors (Lipinski definition) is 1. The summed E-state index contributed by atoms with van der Waals surface area (Å²) in [5.74, 6) is 0. The fourth-order valence-corrected chi connectivity index (χ4v) is 1.90. The second kappa shape index (κ2) is 4.28. The predicted octanol–water partition coefficient (Wildman–Crippen LogP) is 3.62. The summed E-state index contributed by atoms with van der Waals surface area (Å²) in [4.78, 5) is 0. The van der Waals surface area contributed by atoms with Gasteiger partial charge in [-0.25, -0.2) is 0 Å². The third kappa shape index (κ3) is 2.07. The molecule has 1 rings (SSSR count). The van der Waals surface area contributed by atoms with Gasteiger partial charge in [-0.2, -0.15) is 0 Å². The number of aliphatic hydroxyl groups is 1. The maximum atomic E-state index is 10.4. The molecule has 0 bridgehead atoms. The van der Waals surface area contributed by atoms with Crippen molar-refractivity contribution in [3.05, 3.63) is 46.5 Å². The molecule has 1 nitrogen and oxygen atoms in total. The Morgan fingerprint density at radius 1 is 1.57 bits per heavy atom. The van der Waals surface area contributed by atoms with Crippen molar-refractivity contribution in [2.24, 2.45) is 0 Å². The van der Waals surface area contributed by atoms with E-state index in [9.17, 15) is 5.11 Å². The van der Waals surface area contributed by atoms with Gasteiger partial charge in [0.15, 0.2) is 0 Å². The average Bonchev–Trinajstić information content (AvgIpc) is 2.16. The van der Waals surface area contributed by atoms with Gasteiger partial charge in [0, 0.05) is 4.47 Å². The van der Waals surface area contributed by atoms with Gasteiger partial charge in [-0.3, -0.25) is 0 Å². The van der Waals surface area contributed by atoms with Crippen LogP contribution in [0.5, 0.6) is 0 Å². The molecule has 0 amide bonds. The van der Waals surface area contributed by atoms with Gasteiger partial charge in [0.2, 0.25) is 0 Å². The molecule has 1 atom stereocenters. The molecular weight excluding hydrogens is 240 g/mol. The Morgan fingerprint density at radius 3 is 2.64 bits per heavy atom. The van der Waals surface area contributed by atoms with Crippen molar-refractivity contribution >= 4 is 15.9 Å².